The predicted molar refractivity (Wildman–Crippen MR) is 141 cm³/mol. The summed E-state index contributed by atoms with van der Waals surface area (Å²) in [6.07, 6.45) is -0.138. The molecule has 0 unspecified atom stereocenters. The second-order valence-corrected chi connectivity index (χ2v) is 9.74. The zero-order valence-corrected chi connectivity index (χ0v) is 21.9. The molecule has 1 saturated heterocycles. The van der Waals surface area contributed by atoms with Crippen LogP contribution in [0.3, 0.4) is 0 Å². The number of carbonyl (C=O) groups is 4. The Morgan fingerprint density at radius 3 is 2.22 bits per heavy atom. The van der Waals surface area contributed by atoms with Gasteiger partial charge in [-0.1, -0.05) is 88.2 Å². The number of carbonyl (C=O) groups excluding carboxylic acids is 4. The van der Waals surface area contributed by atoms with Crippen molar-refractivity contribution in [2.24, 2.45) is 5.92 Å². The van der Waals surface area contributed by atoms with Gasteiger partial charge in [-0.05, 0) is 29.3 Å². The number of ether oxygens (including phenoxy) is 1. The minimum absolute atomic E-state index is 0.0557. The molecule has 10 heteroatoms. The van der Waals surface area contributed by atoms with Gasteiger partial charge in [-0.15, -0.1) is 0 Å². The number of hydrogen-bond acceptors (Lipinski definition) is 5. The zero-order chi connectivity index (χ0) is 26.4. The van der Waals surface area contributed by atoms with E-state index in [-0.39, 0.29) is 13.0 Å². The highest BCUT2D eigenvalue weighted by Gasteiger charge is 2.37. The molecule has 190 valence electrons. The standard InChI is InChI=1S/C27H23BrClN3O5/c28-20-11-12-22(21(29)14-20)30-23(33)16-37-27(36)19-13-24(34)32(15-19)31-26(35)25(17-7-3-1-4-8-17)18-9-5-2-6-10-18/h1-12,14,19,25H,13,15-16H2,(H,30,33)(H,31,35)/t19-/m0/s1. The van der Waals surface area contributed by atoms with Crippen LogP contribution in [0.2, 0.25) is 5.02 Å². The topological polar surface area (TPSA) is 105 Å². The maximum atomic E-state index is 13.3. The van der Waals surface area contributed by atoms with Crippen molar-refractivity contribution in [3.8, 4) is 0 Å². The van der Waals surface area contributed by atoms with Crippen LogP contribution in [-0.4, -0.2) is 41.9 Å². The second-order valence-electron chi connectivity index (χ2n) is 8.42. The van der Waals surface area contributed by atoms with E-state index < -0.39 is 42.1 Å². The smallest absolute Gasteiger partial charge is 0.311 e. The molecule has 2 N–H and O–H groups in total. The highest BCUT2D eigenvalue weighted by Crippen LogP contribution is 2.27. The number of hydrazine groups is 1. The maximum Gasteiger partial charge on any atom is 0.311 e. The molecule has 1 aliphatic heterocycles. The van der Waals surface area contributed by atoms with Crippen LogP contribution in [0.15, 0.2) is 83.3 Å². The fraction of sp³-hybridized carbons (Fsp3) is 0.185. The Bertz CT molecular complexity index is 1270. The fourth-order valence-electron chi connectivity index (χ4n) is 3.99. The summed E-state index contributed by atoms with van der Waals surface area (Å²) in [5.74, 6) is -3.55. The van der Waals surface area contributed by atoms with E-state index in [2.05, 4.69) is 26.7 Å². The van der Waals surface area contributed by atoms with Crippen molar-refractivity contribution in [1.82, 2.24) is 10.4 Å². The van der Waals surface area contributed by atoms with Gasteiger partial charge in [-0.3, -0.25) is 29.6 Å². The van der Waals surface area contributed by atoms with Crippen molar-refractivity contribution in [3.63, 3.8) is 0 Å². The predicted octanol–water partition coefficient (Wildman–Crippen LogP) is 4.30. The van der Waals surface area contributed by atoms with Crippen LogP contribution in [0.1, 0.15) is 23.5 Å². The third-order valence-electron chi connectivity index (χ3n) is 5.78. The molecule has 1 aliphatic rings. The van der Waals surface area contributed by atoms with Crippen LogP contribution in [0, 0.1) is 5.92 Å². The lowest BCUT2D eigenvalue weighted by molar-refractivity contribution is -0.151. The molecule has 1 fully saturated rings. The van der Waals surface area contributed by atoms with Gasteiger partial charge in [0.25, 0.3) is 11.8 Å². The van der Waals surface area contributed by atoms with E-state index in [9.17, 15) is 19.2 Å². The van der Waals surface area contributed by atoms with E-state index >= 15 is 0 Å². The lowest BCUT2D eigenvalue weighted by atomic mass is 9.91. The van der Waals surface area contributed by atoms with Crippen LogP contribution < -0.4 is 10.7 Å². The summed E-state index contributed by atoms with van der Waals surface area (Å²) >= 11 is 9.37. The van der Waals surface area contributed by atoms with Crippen molar-refractivity contribution in [1.29, 1.82) is 0 Å². The Labute approximate surface area is 227 Å². The zero-order valence-electron chi connectivity index (χ0n) is 19.5. The average Bonchev–Trinajstić information content (AvgIpc) is 3.25. The van der Waals surface area contributed by atoms with Crippen LogP contribution in [0.5, 0.6) is 0 Å². The Hall–Kier alpha value is -3.69. The van der Waals surface area contributed by atoms with Crippen LogP contribution in [0.4, 0.5) is 5.69 Å². The van der Waals surface area contributed by atoms with Gasteiger partial charge in [0, 0.05) is 10.9 Å². The van der Waals surface area contributed by atoms with E-state index in [1.54, 1.807) is 18.2 Å². The molecular weight excluding hydrogens is 562 g/mol. The minimum atomic E-state index is -0.816. The first-order valence-electron chi connectivity index (χ1n) is 11.4. The SMILES string of the molecule is O=C(COC(=O)[C@H]1CC(=O)N(NC(=O)C(c2ccccc2)c2ccccc2)C1)Nc1ccc(Br)cc1Cl. The molecule has 0 aliphatic carbocycles. The molecule has 4 rings (SSSR count). The largest absolute Gasteiger partial charge is 0.455 e. The van der Waals surface area contributed by atoms with Crippen molar-refractivity contribution in [3.05, 3.63) is 99.5 Å². The molecule has 3 aromatic rings. The highest BCUT2D eigenvalue weighted by molar-refractivity contribution is 9.10. The number of rotatable bonds is 8. The molecular formula is C27H23BrClN3O5. The number of benzene rings is 3. The van der Waals surface area contributed by atoms with Crippen molar-refractivity contribution >= 4 is 56.9 Å². The molecule has 1 atom stereocenters. The molecule has 0 spiro atoms. The molecule has 0 saturated carbocycles. The van der Waals surface area contributed by atoms with Gasteiger partial charge >= 0.3 is 5.97 Å². The second kappa shape index (κ2) is 12.0. The summed E-state index contributed by atoms with van der Waals surface area (Å²) < 4.78 is 5.87. The fourth-order valence-corrected chi connectivity index (χ4v) is 4.71. The molecule has 0 radical (unpaired) electrons. The number of anilines is 1. The highest BCUT2D eigenvalue weighted by atomic mass is 79.9. The first kappa shape index (κ1) is 26.4. The van der Waals surface area contributed by atoms with Crippen LogP contribution in [-0.2, 0) is 23.9 Å². The lowest BCUT2D eigenvalue weighted by Gasteiger charge is -2.23. The van der Waals surface area contributed by atoms with E-state index in [0.29, 0.717) is 10.7 Å². The third-order valence-corrected chi connectivity index (χ3v) is 6.59. The number of amides is 3. The molecule has 0 aromatic heterocycles. The normalized spacial score (nSPS) is 14.9. The van der Waals surface area contributed by atoms with Crippen molar-refractivity contribution in [2.45, 2.75) is 12.3 Å². The van der Waals surface area contributed by atoms with Gasteiger partial charge in [0.15, 0.2) is 6.61 Å². The first-order valence-corrected chi connectivity index (χ1v) is 12.6. The Morgan fingerprint density at radius 2 is 1.62 bits per heavy atom. The summed E-state index contributed by atoms with van der Waals surface area (Å²) in [4.78, 5) is 50.6. The number of hydrogen-bond donors (Lipinski definition) is 2. The van der Waals surface area contributed by atoms with E-state index in [4.69, 9.17) is 16.3 Å². The number of halogens is 2. The molecule has 37 heavy (non-hydrogen) atoms. The average molecular weight is 585 g/mol. The molecule has 0 bridgehead atoms. The summed E-state index contributed by atoms with van der Waals surface area (Å²) in [6.45, 7) is -0.591. The number of esters is 1. The minimum Gasteiger partial charge on any atom is -0.455 e. The monoisotopic (exact) mass is 583 g/mol. The lowest BCUT2D eigenvalue weighted by Crippen LogP contribution is -2.45. The number of nitrogens with one attached hydrogen (secondary N) is 2. The molecule has 8 nitrogen and oxygen atoms in total. The van der Waals surface area contributed by atoms with E-state index in [1.807, 2.05) is 60.7 Å². The molecule has 3 amide bonds. The Balaban J connectivity index is 1.34. The van der Waals surface area contributed by atoms with Gasteiger partial charge in [0.05, 0.1) is 29.1 Å². The summed E-state index contributed by atoms with van der Waals surface area (Å²) in [5.41, 5.74) is 4.57. The van der Waals surface area contributed by atoms with Crippen molar-refractivity contribution in [2.75, 3.05) is 18.5 Å². The summed E-state index contributed by atoms with van der Waals surface area (Å²) in [5, 5.41) is 4.03. The molecule has 1 heterocycles. The van der Waals surface area contributed by atoms with E-state index in [0.717, 1.165) is 20.6 Å². The maximum absolute atomic E-state index is 13.3. The third kappa shape index (κ3) is 6.75. The quantitative estimate of drug-likeness (QED) is 0.384. The van der Waals surface area contributed by atoms with Gasteiger partial charge in [0.2, 0.25) is 5.91 Å². The van der Waals surface area contributed by atoms with Gasteiger partial charge < -0.3 is 10.1 Å². The van der Waals surface area contributed by atoms with Gasteiger partial charge in [0.1, 0.15) is 0 Å². The van der Waals surface area contributed by atoms with E-state index in [1.165, 1.54) is 0 Å². The Kier molecular flexibility index (Phi) is 8.58. The van der Waals surface area contributed by atoms with Gasteiger partial charge in [-0.25, -0.2) is 0 Å². The van der Waals surface area contributed by atoms with Gasteiger partial charge in [-0.2, -0.15) is 0 Å². The Morgan fingerprint density at radius 1 is 1.00 bits per heavy atom. The summed E-state index contributed by atoms with van der Waals surface area (Å²) in [7, 11) is 0. The van der Waals surface area contributed by atoms with Crippen LogP contribution >= 0.6 is 27.5 Å². The summed E-state index contributed by atoms with van der Waals surface area (Å²) in [6, 6.07) is 23.4. The molecule has 3 aromatic carbocycles. The van der Waals surface area contributed by atoms with Crippen LogP contribution in [0.25, 0.3) is 0 Å². The van der Waals surface area contributed by atoms with Crippen molar-refractivity contribution < 1.29 is 23.9 Å². The number of nitrogens with zero attached hydrogens (tertiary/aromatic N) is 1. The first-order chi connectivity index (χ1) is 17.8.